The van der Waals surface area contributed by atoms with Crippen LogP contribution in [0.3, 0.4) is 0 Å². The molecule has 160 valence electrons. The van der Waals surface area contributed by atoms with E-state index in [2.05, 4.69) is 30.6 Å². The quantitative estimate of drug-likeness (QED) is 0.322. The molecule has 0 spiro atoms. The molecule has 1 aliphatic rings. The van der Waals surface area contributed by atoms with Crippen LogP contribution in [0.5, 0.6) is 0 Å². The molecule has 0 radical (unpaired) electrons. The Morgan fingerprint density at radius 2 is 2.10 bits per heavy atom. The Bertz CT molecular complexity index is 1350. The standard InChI is InChI=1S/C23H24N4O2S2/c1-5-10-30-23-25-24-22-26(15-8-6-14(4)7-9-15)20(28)19-16-11-17(13(2)3)29-12-18(16)31-21(19)27(22)23/h5-9,13,17H,1,10-12H2,2-4H3/t17-/m0/s1. The van der Waals surface area contributed by atoms with E-state index in [0.717, 1.165) is 49.2 Å². The lowest BCUT2D eigenvalue weighted by Gasteiger charge is -2.26. The first-order valence-electron chi connectivity index (χ1n) is 10.4. The lowest BCUT2D eigenvalue weighted by atomic mass is 9.96. The van der Waals surface area contributed by atoms with Crippen LogP contribution in [0.4, 0.5) is 0 Å². The summed E-state index contributed by atoms with van der Waals surface area (Å²) in [5.41, 5.74) is 3.01. The maximum Gasteiger partial charge on any atom is 0.268 e. The Morgan fingerprint density at radius 3 is 2.81 bits per heavy atom. The predicted octanol–water partition coefficient (Wildman–Crippen LogP) is 4.78. The van der Waals surface area contributed by atoms with Crippen LogP contribution in [0.25, 0.3) is 21.7 Å². The molecule has 4 heterocycles. The Labute approximate surface area is 188 Å². The van der Waals surface area contributed by atoms with Gasteiger partial charge < -0.3 is 4.74 Å². The van der Waals surface area contributed by atoms with Crippen LogP contribution in [0, 0.1) is 12.8 Å². The van der Waals surface area contributed by atoms with E-state index in [1.165, 1.54) is 0 Å². The first kappa shape index (κ1) is 20.5. The molecule has 0 aliphatic carbocycles. The second-order valence-electron chi connectivity index (χ2n) is 8.18. The van der Waals surface area contributed by atoms with Gasteiger partial charge in [0.15, 0.2) is 5.16 Å². The summed E-state index contributed by atoms with van der Waals surface area (Å²) in [5.74, 6) is 1.64. The van der Waals surface area contributed by atoms with Crippen molar-refractivity contribution in [2.45, 2.75) is 45.1 Å². The summed E-state index contributed by atoms with van der Waals surface area (Å²) >= 11 is 3.19. The lowest BCUT2D eigenvalue weighted by Crippen LogP contribution is -2.28. The molecule has 8 heteroatoms. The van der Waals surface area contributed by atoms with Gasteiger partial charge in [-0.05, 0) is 30.5 Å². The van der Waals surface area contributed by atoms with E-state index >= 15 is 0 Å². The summed E-state index contributed by atoms with van der Waals surface area (Å²) in [6, 6.07) is 7.95. The van der Waals surface area contributed by atoms with Crippen LogP contribution in [-0.2, 0) is 17.8 Å². The number of hydrogen-bond donors (Lipinski definition) is 0. The maximum atomic E-state index is 13.9. The smallest absolute Gasteiger partial charge is 0.268 e. The highest BCUT2D eigenvalue weighted by molar-refractivity contribution is 7.99. The molecule has 1 atom stereocenters. The van der Waals surface area contributed by atoms with Gasteiger partial charge in [-0.25, -0.2) is 8.97 Å². The van der Waals surface area contributed by atoms with Crippen LogP contribution in [0.15, 0.2) is 46.9 Å². The zero-order valence-corrected chi connectivity index (χ0v) is 19.4. The number of thiophene rings is 1. The minimum absolute atomic E-state index is 0.0408. The number of benzene rings is 1. The Balaban J connectivity index is 1.85. The monoisotopic (exact) mass is 452 g/mol. The zero-order chi connectivity index (χ0) is 21.7. The van der Waals surface area contributed by atoms with Crippen molar-refractivity contribution in [1.82, 2.24) is 19.2 Å². The fourth-order valence-electron chi connectivity index (χ4n) is 4.02. The molecule has 6 nitrogen and oxygen atoms in total. The van der Waals surface area contributed by atoms with Crippen molar-refractivity contribution in [2.24, 2.45) is 5.92 Å². The van der Waals surface area contributed by atoms with Crippen LogP contribution in [-0.4, -0.2) is 31.0 Å². The molecule has 0 N–H and O–H groups in total. The van der Waals surface area contributed by atoms with E-state index in [-0.39, 0.29) is 11.7 Å². The van der Waals surface area contributed by atoms with Gasteiger partial charge >= 0.3 is 0 Å². The number of hydrogen-bond acceptors (Lipinski definition) is 6. The van der Waals surface area contributed by atoms with E-state index < -0.39 is 0 Å². The first-order valence-corrected chi connectivity index (χ1v) is 12.2. The number of thioether (sulfide) groups is 1. The molecule has 0 saturated carbocycles. The predicted molar refractivity (Wildman–Crippen MR) is 127 cm³/mol. The zero-order valence-electron chi connectivity index (χ0n) is 17.8. The van der Waals surface area contributed by atoms with Gasteiger partial charge in [0.2, 0.25) is 5.78 Å². The number of aryl methyl sites for hydroxylation is 1. The molecule has 0 amide bonds. The average Bonchev–Trinajstić information content (AvgIpc) is 3.34. The van der Waals surface area contributed by atoms with Crippen molar-refractivity contribution in [3.8, 4) is 5.69 Å². The molecule has 4 aromatic rings. The van der Waals surface area contributed by atoms with E-state index in [9.17, 15) is 4.79 Å². The molecule has 31 heavy (non-hydrogen) atoms. The van der Waals surface area contributed by atoms with Gasteiger partial charge in [-0.2, -0.15) is 0 Å². The normalized spacial score (nSPS) is 16.3. The van der Waals surface area contributed by atoms with Crippen molar-refractivity contribution in [2.75, 3.05) is 5.75 Å². The SMILES string of the molecule is C=CCSc1nnc2n(-c3ccc(C)cc3)c(=O)c3c4c(sc3n12)CO[C@H](C(C)C)C4. The van der Waals surface area contributed by atoms with Gasteiger partial charge in [-0.1, -0.05) is 49.4 Å². The second-order valence-corrected chi connectivity index (χ2v) is 10.2. The minimum Gasteiger partial charge on any atom is -0.372 e. The lowest BCUT2D eigenvalue weighted by molar-refractivity contribution is 0.00200. The number of rotatable bonds is 5. The summed E-state index contributed by atoms with van der Waals surface area (Å²) in [5, 5.41) is 10.4. The molecular weight excluding hydrogens is 428 g/mol. The van der Waals surface area contributed by atoms with Crippen molar-refractivity contribution in [3.05, 3.63) is 63.3 Å². The summed E-state index contributed by atoms with van der Waals surface area (Å²) < 4.78 is 9.81. The molecule has 0 saturated heterocycles. The third-order valence-corrected chi connectivity index (χ3v) is 7.82. The van der Waals surface area contributed by atoms with Gasteiger partial charge in [0.25, 0.3) is 5.56 Å². The second kappa shape index (κ2) is 7.93. The minimum atomic E-state index is -0.0408. The third-order valence-electron chi connectivity index (χ3n) is 5.71. The topological polar surface area (TPSA) is 61.4 Å². The summed E-state index contributed by atoms with van der Waals surface area (Å²) in [6.45, 7) is 10.7. The Morgan fingerprint density at radius 1 is 1.32 bits per heavy atom. The Kier molecular flexibility index (Phi) is 5.24. The summed E-state index contributed by atoms with van der Waals surface area (Å²) in [6.07, 6.45) is 2.71. The fourth-order valence-corrected chi connectivity index (χ4v) is 5.99. The number of ether oxygens (including phenoxy) is 1. The van der Waals surface area contributed by atoms with Gasteiger partial charge in [0.1, 0.15) is 4.83 Å². The molecule has 0 unspecified atom stereocenters. The highest BCUT2D eigenvalue weighted by Gasteiger charge is 2.30. The van der Waals surface area contributed by atoms with Crippen LogP contribution < -0.4 is 5.56 Å². The number of nitrogens with zero attached hydrogens (tertiary/aromatic N) is 4. The van der Waals surface area contributed by atoms with E-state index in [4.69, 9.17) is 4.74 Å². The Hall–Kier alpha value is -2.42. The highest BCUT2D eigenvalue weighted by atomic mass is 32.2. The molecular formula is C23H24N4O2S2. The van der Waals surface area contributed by atoms with Crippen molar-refractivity contribution < 1.29 is 4.74 Å². The average molecular weight is 453 g/mol. The molecule has 0 bridgehead atoms. The number of aromatic nitrogens is 4. The maximum absolute atomic E-state index is 13.9. The summed E-state index contributed by atoms with van der Waals surface area (Å²) in [7, 11) is 0. The molecule has 1 aliphatic heterocycles. The van der Waals surface area contributed by atoms with Gasteiger partial charge in [0, 0.05) is 17.1 Å². The van der Waals surface area contributed by atoms with Crippen LogP contribution >= 0.6 is 23.1 Å². The largest absolute Gasteiger partial charge is 0.372 e. The van der Waals surface area contributed by atoms with Crippen LogP contribution in [0.2, 0.25) is 0 Å². The van der Waals surface area contributed by atoms with E-state index in [1.54, 1.807) is 27.7 Å². The van der Waals surface area contributed by atoms with E-state index in [0.29, 0.717) is 18.3 Å². The fraction of sp³-hybridized carbons (Fsp3) is 0.348. The highest BCUT2D eigenvalue weighted by Crippen LogP contribution is 2.37. The van der Waals surface area contributed by atoms with E-state index in [1.807, 2.05) is 41.7 Å². The van der Waals surface area contributed by atoms with Crippen molar-refractivity contribution in [3.63, 3.8) is 0 Å². The van der Waals surface area contributed by atoms with Crippen LogP contribution in [0.1, 0.15) is 29.9 Å². The first-order chi connectivity index (χ1) is 15.0. The van der Waals surface area contributed by atoms with Gasteiger partial charge in [-0.3, -0.25) is 4.79 Å². The van der Waals surface area contributed by atoms with Crippen molar-refractivity contribution in [1.29, 1.82) is 0 Å². The molecule has 0 fully saturated rings. The molecule has 5 rings (SSSR count). The molecule has 3 aromatic heterocycles. The summed E-state index contributed by atoms with van der Waals surface area (Å²) in [4.78, 5) is 15.9. The molecule has 1 aromatic carbocycles. The van der Waals surface area contributed by atoms with Gasteiger partial charge in [0.05, 0.1) is 23.8 Å². The van der Waals surface area contributed by atoms with Crippen molar-refractivity contribution >= 4 is 39.1 Å². The third kappa shape index (κ3) is 3.33. The van der Waals surface area contributed by atoms with Gasteiger partial charge in [-0.15, -0.1) is 28.1 Å². The number of fused-ring (bicyclic) bond motifs is 5.